The molecular formula is C8H17N2. The van der Waals surface area contributed by atoms with Crippen LogP contribution in [0.25, 0.3) is 0 Å². The molecule has 0 aliphatic heterocycles. The zero-order valence-corrected chi connectivity index (χ0v) is 7.55. The lowest BCUT2D eigenvalue weighted by Crippen LogP contribution is -2.07. The van der Waals surface area contributed by atoms with E-state index in [9.17, 15) is 0 Å². The van der Waals surface area contributed by atoms with Crippen molar-refractivity contribution >= 4 is 0 Å². The molecule has 0 unspecified atom stereocenters. The molecule has 0 saturated heterocycles. The Kier molecular flexibility index (Phi) is 3.54. The average Bonchev–Trinajstić information content (AvgIpc) is 1.59. The highest BCUT2D eigenvalue weighted by Gasteiger charge is 2.05. The molecule has 0 aromatic carbocycles. The summed E-state index contributed by atoms with van der Waals surface area (Å²) in [4.78, 5) is 0. The third kappa shape index (κ3) is 7.60. The van der Waals surface area contributed by atoms with Gasteiger partial charge in [0.1, 0.15) is 0 Å². The molecule has 2 nitrogen and oxygen atoms in total. The second-order valence-electron chi connectivity index (χ2n) is 3.78. The van der Waals surface area contributed by atoms with E-state index in [0.29, 0.717) is 5.92 Å². The van der Waals surface area contributed by atoms with Crippen molar-refractivity contribution in [3.8, 4) is 0 Å². The number of azo groups is 1. The second kappa shape index (κ2) is 3.69. The summed E-state index contributed by atoms with van der Waals surface area (Å²) >= 11 is 0. The van der Waals surface area contributed by atoms with Crippen LogP contribution < -0.4 is 0 Å². The van der Waals surface area contributed by atoms with E-state index in [1.807, 2.05) is 27.3 Å². The lowest BCUT2D eigenvalue weighted by Gasteiger charge is -2.08. The van der Waals surface area contributed by atoms with Gasteiger partial charge in [-0.2, -0.15) is 10.2 Å². The van der Waals surface area contributed by atoms with Gasteiger partial charge in [-0.3, -0.25) is 0 Å². The SMILES string of the molecule is CC(C)[CH]N=NC(C)(C)C. The van der Waals surface area contributed by atoms with E-state index in [0.717, 1.165) is 0 Å². The van der Waals surface area contributed by atoms with Crippen LogP contribution in [0.1, 0.15) is 34.6 Å². The standard InChI is InChI=1S/C8H17N2/c1-7(2)6-9-10-8(3,4)5/h6-7H,1-5H3. The summed E-state index contributed by atoms with van der Waals surface area (Å²) in [6.07, 6.45) is 0. The van der Waals surface area contributed by atoms with E-state index in [1.54, 1.807) is 0 Å². The fraction of sp³-hybridized carbons (Fsp3) is 0.875. The van der Waals surface area contributed by atoms with E-state index in [-0.39, 0.29) is 5.54 Å². The molecular weight excluding hydrogens is 124 g/mol. The maximum absolute atomic E-state index is 4.07. The van der Waals surface area contributed by atoms with Gasteiger partial charge in [0.25, 0.3) is 0 Å². The van der Waals surface area contributed by atoms with E-state index in [2.05, 4.69) is 24.1 Å². The van der Waals surface area contributed by atoms with Crippen molar-refractivity contribution in [2.24, 2.45) is 16.1 Å². The van der Waals surface area contributed by atoms with Crippen LogP contribution in [0.5, 0.6) is 0 Å². The van der Waals surface area contributed by atoms with Gasteiger partial charge in [0.05, 0.1) is 12.1 Å². The normalized spacial score (nSPS) is 13.4. The minimum Gasteiger partial charge on any atom is -0.188 e. The van der Waals surface area contributed by atoms with Crippen molar-refractivity contribution in [2.75, 3.05) is 0 Å². The third-order valence-corrected chi connectivity index (χ3v) is 0.723. The fourth-order valence-electron chi connectivity index (χ4n) is 0.340. The molecule has 0 aliphatic rings. The van der Waals surface area contributed by atoms with Crippen LogP contribution >= 0.6 is 0 Å². The van der Waals surface area contributed by atoms with Crippen LogP contribution in [0.3, 0.4) is 0 Å². The molecule has 0 aliphatic carbocycles. The van der Waals surface area contributed by atoms with Crippen LogP contribution in [0.2, 0.25) is 0 Å². The Labute approximate surface area is 63.7 Å². The Bertz CT molecular complexity index is 109. The largest absolute Gasteiger partial charge is 0.188 e. The summed E-state index contributed by atoms with van der Waals surface area (Å²) < 4.78 is 0. The van der Waals surface area contributed by atoms with Gasteiger partial charge in [-0.15, -0.1) is 0 Å². The molecule has 0 fully saturated rings. The quantitative estimate of drug-likeness (QED) is 0.528. The summed E-state index contributed by atoms with van der Waals surface area (Å²) in [5.74, 6) is 0.492. The Hall–Kier alpha value is -0.400. The maximum Gasteiger partial charge on any atom is 0.0974 e. The molecule has 0 aromatic rings. The molecule has 0 spiro atoms. The fourth-order valence-corrected chi connectivity index (χ4v) is 0.340. The van der Waals surface area contributed by atoms with Gasteiger partial charge in [-0.1, -0.05) is 13.8 Å². The first-order valence-electron chi connectivity index (χ1n) is 3.67. The van der Waals surface area contributed by atoms with Crippen LogP contribution in [0.4, 0.5) is 0 Å². The number of hydrogen-bond donors (Lipinski definition) is 0. The minimum absolute atomic E-state index is 0.0363. The predicted molar refractivity (Wildman–Crippen MR) is 43.7 cm³/mol. The number of rotatable bonds is 2. The first-order valence-corrected chi connectivity index (χ1v) is 3.67. The smallest absolute Gasteiger partial charge is 0.0974 e. The van der Waals surface area contributed by atoms with Crippen molar-refractivity contribution in [1.29, 1.82) is 0 Å². The zero-order chi connectivity index (χ0) is 8.20. The van der Waals surface area contributed by atoms with Crippen molar-refractivity contribution in [1.82, 2.24) is 0 Å². The van der Waals surface area contributed by atoms with E-state index in [4.69, 9.17) is 0 Å². The van der Waals surface area contributed by atoms with Gasteiger partial charge in [-0.25, -0.2) is 0 Å². The molecule has 0 heterocycles. The predicted octanol–water partition coefficient (Wildman–Crippen LogP) is 3.05. The van der Waals surface area contributed by atoms with Gasteiger partial charge >= 0.3 is 0 Å². The van der Waals surface area contributed by atoms with Crippen LogP contribution in [-0.4, -0.2) is 5.54 Å². The molecule has 10 heavy (non-hydrogen) atoms. The van der Waals surface area contributed by atoms with Crippen LogP contribution in [0, 0.1) is 12.5 Å². The lowest BCUT2D eigenvalue weighted by atomic mass is 10.1. The Morgan fingerprint density at radius 2 is 1.70 bits per heavy atom. The van der Waals surface area contributed by atoms with Gasteiger partial charge in [0.15, 0.2) is 0 Å². The monoisotopic (exact) mass is 141 g/mol. The summed E-state index contributed by atoms with van der Waals surface area (Å²) in [6.45, 7) is 12.1. The maximum atomic E-state index is 4.07. The molecule has 0 bridgehead atoms. The average molecular weight is 141 g/mol. The topological polar surface area (TPSA) is 24.7 Å². The molecule has 59 valence electrons. The highest BCUT2D eigenvalue weighted by atomic mass is 15.1. The lowest BCUT2D eigenvalue weighted by molar-refractivity contribution is 0.538. The molecule has 0 atom stereocenters. The molecule has 0 N–H and O–H groups in total. The molecule has 2 heteroatoms. The van der Waals surface area contributed by atoms with E-state index < -0.39 is 0 Å². The molecule has 1 radical (unpaired) electrons. The minimum atomic E-state index is -0.0363. The second-order valence-corrected chi connectivity index (χ2v) is 3.78. The van der Waals surface area contributed by atoms with Crippen LogP contribution in [0.15, 0.2) is 10.2 Å². The van der Waals surface area contributed by atoms with Crippen molar-refractivity contribution in [3.05, 3.63) is 6.54 Å². The van der Waals surface area contributed by atoms with E-state index >= 15 is 0 Å². The molecule has 0 amide bonds. The summed E-state index contributed by atoms with van der Waals surface area (Å²) in [5.41, 5.74) is -0.0363. The van der Waals surface area contributed by atoms with Crippen molar-refractivity contribution in [3.63, 3.8) is 0 Å². The highest BCUT2D eigenvalue weighted by molar-refractivity contribution is 4.70. The van der Waals surface area contributed by atoms with Crippen LogP contribution in [-0.2, 0) is 0 Å². The summed E-state index contributed by atoms with van der Waals surface area (Å²) in [7, 11) is 0. The molecule has 0 saturated carbocycles. The molecule has 0 rings (SSSR count). The molecule has 0 aromatic heterocycles. The van der Waals surface area contributed by atoms with Crippen molar-refractivity contribution < 1.29 is 0 Å². The van der Waals surface area contributed by atoms with Gasteiger partial charge in [0.2, 0.25) is 0 Å². The Morgan fingerprint density at radius 3 is 2.00 bits per heavy atom. The van der Waals surface area contributed by atoms with Gasteiger partial charge in [0, 0.05) is 0 Å². The zero-order valence-electron chi connectivity index (χ0n) is 7.55. The summed E-state index contributed by atoms with van der Waals surface area (Å²) in [5, 5.41) is 8.01. The van der Waals surface area contributed by atoms with E-state index in [1.165, 1.54) is 0 Å². The first-order chi connectivity index (χ1) is 4.42. The van der Waals surface area contributed by atoms with Gasteiger partial charge < -0.3 is 0 Å². The third-order valence-electron chi connectivity index (χ3n) is 0.723. The first kappa shape index (κ1) is 9.60. The van der Waals surface area contributed by atoms with Crippen molar-refractivity contribution in [2.45, 2.75) is 40.2 Å². The van der Waals surface area contributed by atoms with Gasteiger partial charge in [-0.05, 0) is 26.7 Å². The Morgan fingerprint density at radius 1 is 1.20 bits per heavy atom. The highest BCUT2D eigenvalue weighted by Crippen LogP contribution is 2.09. The summed E-state index contributed by atoms with van der Waals surface area (Å²) in [6, 6.07) is 0. The number of hydrogen-bond acceptors (Lipinski definition) is 2. The number of nitrogens with zero attached hydrogens (tertiary/aromatic N) is 2. The Balaban J connectivity index is 3.57.